The highest BCUT2D eigenvalue weighted by Gasteiger charge is 2.27. The van der Waals surface area contributed by atoms with Crippen LogP contribution >= 0.6 is 12.4 Å². The van der Waals surface area contributed by atoms with Crippen molar-refractivity contribution in [3.63, 3.8) is 0 Å². The van der Waals surface area contributed by atoms with Crippen LogP contribution < -0.4 is 5.32 Å². The van der Waals surface area contributed by atoms with Crippen molar-refractivity contribution < 1.29 is 4.79 Å². The molecule has 1 aliphatic rings. The van der Waals surface area contributed by atoms with Gasteiger partial charge in [-0.1, -0.05) is 18.2 Å². The molecule has 0 unspecified atom stereocenters. The van der Waals surface area contributed by atoms with Crippen LogP contribution in [0, 0.1) is 6.92 Å². The van der Waals surface area contributed by atoms with E-state index in [4.69, 9.17) is 0 Å². The van der Waals surface area contributed by atoms with Crippen molar-refractivity contribution in [3.05, 3.63) is 29.8 Å². The van der Waals surface area contributed by atoms with Crippen LogP contribution in [-0.4, -0.2) is 30.4 Å². The Hall–Kier alpha value is -1.06. The maximum atomic E-state index is 12.0. The smallest absolute Gasteiger partial charge is 0.241 e. The summed E-state index contributed by atoms with van der Waals surface area (Å²) < 4.78 is 0. The Morgan fingerprint density at radius 3 is 2.71 bits per heavy atom. The molecule has 1 fully saturated rings. The molecule has 4 heteroatoms. The number of hydrogen-bond donors (Lipinski definition) is 1. The summed E-state index contributed by atoms with van der Waals surface area (Å²) in [4.78, 5) is 14.1. The molecule has 1 atom stereocenters. The number of rotatable bonds is 2. The van der Waals surface area contributed by atoms with E-state index in [0.29, 0.717) is 0 Å². The molecule has 2 rings (SSSR count). The normalized spacial score (nSPS) is 19.8. The molecule has 1 aromatic carbocycles. The number of likely N-dealkylation sites (tertiary alicyclic amines) is 1. The molecule has 0 aliphatic carbocycles. The van der Waals surface area contributed by atoms with Crippen molar-refractivity contribution in [2.75, 3.05) is 18.9 Å². The van der Waals surface area contributed by atoms with E-state index in [1.165, 1.54) is 0 Å². The Bertz CT molecular complexity index is 395. The Morgan fingerprint density at radius 2 is 2.12 bits per heavy atom. The fourth-order valence-corrected chi connectivity index (χ4v) is 2.17. The van der Waals surface area contributed by atoms with E-state index < -0.39 is 0 Å². The molecule has 1 aliphatic heterocycles. The second-order valence-electron chi connectivity index (χ2n) is 4.44. The van der Waals surface area contributed by atoms with Crippen LogP contribution in [0.5, 0.6) is 0 Å². The summed E-state index contributed by atoms with van der Waals surface area (Å²) >= 11 is 0. The number of halogens is 1. The quantitative estimate of drug-likeness (QED) is 0.879. The molecular weight excluding hydrogens is 236 g/mol. The van der Waals surface area contributed by atoms with Gasteiger partial charge in [0.25, 0.3) is 0 Å². The first kappa shape index (κ1) is 14.0. The summed E-state index contributed by atoms with van der Waals surface area (Å²) in [6, 6.07) is 7.92. The van der Waals surface area contributed by atoms with E-state index >= 15 is 0 Å². The van der Waals surface area contributed by atoms with Crippen LogP contribution in [0.2, 0.25) is 0 Å². The maximum absolute atomic E-state index is 12.0. The molecule has 1 aromatic rings. The monoisotopic (exact) mass is 254 g/mol. The van der Waals surface area contributed by atoms with Crippen molar-refractivity contribution in [2.45, 2.75) is 25.8 Å². The number of carbonyl (C=O) groups is 1. The average molecular weight is 255 g/mol. The zero-order valence-electron chi connectivity index (χ0n) is 10.3. The molecule has 0 saturated carbocycles. The number of para-hydroxylation sites is 1. The highest BCUT2D eigenvalue weighted by molar-refractivity contribution is 5.95. The number of likely N-dealkylation sites (N-methyl/N-ethyl adjacent to an activating group) is 1. The molecule has 0 bridgehead atoms. The molecular formula is C13H19ClN2O. The van der Waals surface area contributed by atoms with Crippen LogP contribution in [0.15, 0.2) is 24.3 Å². The number of aryl methyl sites for hydroxylation is 1. The van der Waals surface area contributed by atoms with Crippen molar-refractivity contribution in [1.82, 2.24) is 4.90 Å². The molecule has 1 heterocycles. The van der Waals surface area contributed by atoms with E-state index in [2.05, 4.69) is 10.2 Å². The van der Waals surface area contributed by atoms with Gasteiger partial charge in [0.05, 0.1) is 6.04 Å². The first-order valence-electron chi connectivity index (χ1n) is 5.75. The minimum atomic E-state index is 0. The van der Waals surface area contributed by atoms with Gasteiger partial charge in [0.1, 0.15) is 0 Å². The lowest BCUT2D eigenvalue weighted by Gasteiger charge is -2.19. The van der Waals surface area contributed by atoms with Crippen LogP contribution in [0.25, 0.3) is 0 Å². The van der Waals surface area contributed by atoms with Crippen LogP contribution in [-0.2, 0) is 4.79 Å². The van der Waals surface area contributed by atoms with Gasteiger partial charge in [0.2, 0.25) is 5.91 Å². The topological polar surface area (TPSA) is 32.3 Å². The molecule has 0 spiro atoms. The van der Waals surface area contributed by atoms with Crippen molar-refractivity contribution in [1.29, 1.82) is 0 Å². The van der Waals surface area contributed by atoms with Crippen molar-refractivity contribution in [3.8, 4) is 0 Å². The van der Waals surface area contributed by atoms with Gasteiger partial charge in [-0.15, -0.1) is 12.4 Å². The Labute approximate surface area is 109 Å². The summed E-state index contributed by atoms with van der Waals surface area (Å²) in [7, 11) is 2.01. The summed E-state index contributed by atoms with van der Waals surface area (Å²) in [6.07, 6.45) is 2.08. The van der Waals surface area contributed by atoms with Gasteiger partial charge in [0.15, 0.2) is 0 Å². The largest absolute Gasteiger partial charge is 0.324 e. The summed E-state index contributed by atoms with van der Waals surface area (Å²) in [5.74, 6) is 0.120. The Balaban J connectivity index is 0.00000144. The highest BCUT2D eigenvalue weighted by Crippen LogP contribution is 2.18. The van der Waals surface area contributed by atoms with Gasteiger partial charge < -0.3 is 5.32 Å². The third-order valence-corrected chi connectivity index (χ3v) is 3.23. The molecule has 0 aromatic heterocycles. The number of hydrogen-bond acceptors (Lipinski definition) is 2. The predicted octanol–water partition coefficient (Wildman–Crippen LogP) is 2.45. The number of nitrogens with zero attached hydrogens (tertiary/aromatic N) is 1. The first-order chi connectivity index (χ1) is 7.68. The summed E-state index contributed by atoms with van der Waals surface area (Å²) in [5.41, 5.74) is 2.03. The summed E-state index contributed by atoms with van der Waals surface area (Å²) in [5, 5.41) is 3.00. The minimum Gasteiger partial charge on any atom is -0.324 e. The SMILES string of the molecule is Cc1ccccc1NC(=O)[C@@H]1CCCN1C.Cl. The second kappa shape index (κ2) is 6.03. The van der Waals surface area contributed by atoms with Crippen molar-refractivity contribution in [2.24, 2.45) is 0 Å². The third kappa shape index (κ3) is 3.20. The first-order valence-corrected chi connectivity index (χ1v) is 5.75. The molecule has 0 radical (unpaired) electrons. The predicted molar refractivity (Wildman–Crippen MR) is 72.7 cm³/mol. The van der Waals surface area contributed by atoms with Crippen LogP contribution in [0.4, 0.5) is 5.69 Å². The van der Waals surface area contributed by atoms with Gasteiger partial charge in [-0.3, -0.25) is 9.69 Å². The summed E-state index contributed by atoms with van der Waals surface area (Å²) in [6.45, 7) is 3.03. The van der Waals surface area contributed by atoms with Gasteiger partial charge in [-0.05, 0) is 45.0 Å². The number of anilines is 1. The fraction of sp³-hybridized carbons (Fsp3) is 0.462. The van der Waals surface area contributed by atoms with E-state index in [-0.39, 0.29) is 24.4 Å². The van der Waals surface area contributed by atoms with Gasteiger partial charge in [-0.2, -0.15) is 0 Å². The molecule has 3 nitrogen and oxygen atoms in total. The molecule has 1 saturated heterocycles. The maximum Gasteiger partial charge on any atom is 0.241 e. The van der Waals surface area contributed by atoms with E-state index in [0.717, 1.165) is 30.6 Å². The second-order valence-corrected chi connectivity index (χ2v) is 4.44. The Kier molecular flexibility index (Phi) is 4.97. The number of amides is 1. The number of carbonyl (C=O) groups excluding carboxylic acids is 1. The zero-order valence-corrected chi connectivity index (χ0v) is 11.1. The van der Waals surface area contributed by atoms with E-state index in [1.54, 1.807) is 0 Å². The van der Waals surface area contributed by atoms with Gasteiger partial charge in [0, 0.05) is 5.69 Å². The van der Waals surface area contributed by atoms with Crippen molar-refractivity contribution >= 4 is 24.0 Å². The van der Waals surface area contributed by atoms with E-state index in [9.17, 15) is 4.79 Å². The molecule has 94 valence electrons. The van der Waals surface area contributed by atoms with Crippen LogP contribution in [0.1, 0.15) is 18.4 Å². The number of nitrogens with one attached hydrogen (secondary N) is 1. The van der Waals surface area contributed by atoms with Gasteiger partial charge >= 0.3 is 0 Å². The van der Waals surface area contributed by atoms with Gasteiger partial charge in [-0.25, -0.2) is 0 Å². The minimum absolute atomic E-state index is 0. The lowest BCUT2D eigenvalue weighted by Crippen LogP contribution is -2.37. The fourth-order valence-electron chi connectivity index (χ4n) is 2.17. The molecule has 1 N–H and O–H groups in total. The van der Waals surface area contributed by atoms with Crippen LogP contribution in [0.3, 0.4) is 0 Å². The number of benzene rings is 1. The third-order valence-electron chi connectivity index (χ3n) is 3.23. The highest BCUT2D eigenvalue weighted by atomic mass is 35.5. The lowest BCUT2D eigenvalue weighted by molar-refractivity contribution is -0.119. The standard InChI is InChI=1S/C13H18N2O.ClH/c1-10-6-3-4-7-11(10)14-13(16)12-8-5-9-15(12)2;/h3-4,6-7,12H,5,8-9H2,1-2H3,(H,14,16);1H/t12-;/m0./s1. The molecule has 17 heavy (non-hydrogen) atoms. The Morgan fingerprint density at radius 1 is 1.41 bits per heavy atom. The molecule has 1 amide bonds. The zero-order chi connectivity index (χ0) is 11.5. The lowest BCUT2D eigenvalue weighted by atomic mass is 10.1. The average Bonchev–Trinajstić information content (AvgIpc) is 2.68. The van der Waals surface area contributed by atoms with E-state index in [1.807, 2.05) is 38.2 Å².